The van der Waals surface area contributed by atoms with Gasteiger partial charge in [0.05, 0.1) is 16.9 Å². The van der Waals surface area contributed by atoms with E-state index < -0.39 is 15.6 Å². The largest absolute Gasteiger partial charge is 0.356 e. The van der Waals surface area contributed by atoms with Crippen molar-refractivity contribution in [2.24, 2.45) is 11.3 Å². The minimum Gasteiger partial charge on any atom is -0.356 e. The number of anilines is 1. The summed E-state index contributed by atoms with van der Waals surface area (Å²) in [6, 6.07) is 4.39. The zero-order valence-corrected chi connectivity index (χ0v) is 15.8. The standard InChI is InChI=1S/C17H21N7O2S/c1-23(16-14-2-3-19-15(14)20-10-21-16)13-4-12(5-13)22-27(25,26)24-7-11-6-17(11,8-18)9-24/h2-3,10-13,22H,4-7,9H2,1H3,(H,19,20,21)/t11-,12?,13?,17-/m1/s1. The van der Waals surface area contributed by atoms with Crippen LogP contribution < -0.4 is 9.62 Å². The monoisotopic (exact) mass is 387 g/mol. The molecule has 27 heavy (non-hydrogen) atoms. The van der Waals surface area contributed by atoms with Crippen LogP contribution in [-0.4, -0.2) is 59.9 Å². The third-order valence-corrected chi connectivity index (χ3v) is 7.91. The van der Waals surface area contributed by atoms with Crippen LogP contribution in [-0.2, 0) is 10.2 Å². The predicted octanol–water partition coefficient (Wildman–Crippen LogP) is 0.605. The van der Waals surface area contributed by atoms with Crippen LogP contribution in [0.2, 0.25) is 0 Å². The Morgan fingerprint density at radius 3 is 3.00 bits per heavy atom. The second kappa shape index (κ2) is 5.64. The highest BCUT2D eigenvalue weighted by Crippen LogP contribution is 2.57. The molecule has 0 spiro atoms. The number of hydrogen-bond donors (Lipinski definition) is 2. The summed E-state index contributed by atoms with van der Waals surface area (Å²) >= 11 is 0. The van der Waals surface area contributed by atoms with Crippen molar-refractivity contribution < 1.29 is 8.42 Å². The molecule has 3 heterocycles. The molecule has 2 N–H and O–H groups in total. The lowest BCUT2D eigenvalue weighted by molar-refractivity contribution is 0.306. The number of nitriles is 1. The lowest BCUT2D eigenvalue weighted by atomic mass is 9.86. The zero-order chi connectivity index (χ0) is 18.8. The number of rotatable bonds is 5. The summed E-state index contributed by atoms with van der Waals surface area (Å²) in [5, 5.41) is 10.2. The Morgan fingerprint density at radius 2 is 2.26 bits per heavy atom. The van der Waals surface area contributed by atoms with Crippen molar-refractivity contribution in [3.05, 3.63) is 18.6 Å². The number of nitrogens with zero attached hydrogens (tertiary/aromatic N) is 5. The van der Waals surface area contributed by atoms with Crippen LogP contribution in [0.3, 0.4) is 0 Å². The Balaban J connectivity index is 1.21. The van der Waals surface area contributed by atoms with Crippen LogP contribution in [0.5, 0.6) is 0 Å². The zero-order valence-electron chi connectivity index (χ0n) is 15.0. The van der Waals surface area contributed by atoms with Gasteiger partial charge in [0, 0.05) is 38.4 Å². The molecular formula is C17H21N7O2S. The normalized spacial score (nSPS) is 32.7. The van der Waals surface area contributed by atoms with E-state index in [1.807, 2.05) is 19.3 Å². The number of fused-ring (bicyclic) bond motifs is 2. The van der Waals surface area contributed by atoms with Gasteiger partial charge in [-0.25, -0.2) is 9.97 Å². The maximum absolute atomic E-state index is 12.6. The number of piperidine rings is 1. The van der Waals surface area contributed by atoms with Gasteiger partial charge in [-0.15, -0.1) is 0 Å². The number of aromatic nitrogens is 3. The van der Waals surface area contributed by atoms with Crippen molar-refractivity contribution >= 4 is 27.1 Å². The molecule has 0 radical (unpaired) electrons. The van der Waals surface area contributed by atoms with Crippen LogP contribution >= 0.6 is 0 Å². The van der Waals surface area contributed by atoms with E-state index >= 15 is 0 Å². The highest BCUT2D eigenvalue weighted by Gasteiger charge is 2.63. The maximum Gasteiger partial charge on any atom is 0.279 e. The van der Waals surface area contributed by atoms with E-state index in [0.29, 0.717) is 13.1 Å². The summed E-state index contributed by atoms with van der Waals surface area (Å²) in [5.74, 6) is 1.06. The van der Waals surface area contributed by atoms with Crippen molar-refractivity contribution in [1.29, 1.82) is 5.26 Å². The molecule has 3 fully saturated rings. The molecule has 9 nitrogen and oxygen atoms in total. The fourth-order valence-corrected chi connectivity index (χ4v) is 5.93. The van der Waals surface area contributed by atoms with Gasteiger partial charge in [0.25, 0.3) is 10.2 Å². The highest BCUT2D eigenvalue weighted by molar-refractivity contribution is 7.87. The van der Waals surface area contributed by atoms with E-state index in [1.165, 1.54) is 10.6 Å². The molecule has 0 aromatic carbocycles. The minimum atomic E-state index is -3.53. The highest BCUT2D eigenvalue weighted by atomic mass is 32.2. The number of hydrogen-bond acceptors (Lipinski definition) is 6. The topological polar surface area (TPSA) is 118 Å². The summed E-state index contributed by atoms with van der Waals surface area (Å²) in [6.07, 6.45) is 5.66. The van der Waals surface area contributed by atoms with Crippen molar-refractivity contribution in [2.45, 2.75) is 31.3 Å². The Bertz CT molecular complexity index is 1040. The fraction of sp³-hybridized carbons (Fsp3) is 0.588. The van der Waals surface area contributed by atoms with Crippen molar-refractivity contribution in [1.82, 2.24) is 24.0 Å². The van der Waals surface area contributed by atoms with E-state index in [-0.39, 0.29) is 18.0 Å². The molecule has 10 heteroatoms. The average Bonchev–Trinajstić information content (AvgIpc) is 2.98. The first kappa shape index (κ1) is 16.9. The van der Waals surface area contributed by atoms with E-state index in [1.54, 1.807) is 0 Å². The molecule has 0 bridgehead atoms. The van der Waals surface area contributed by atoms with Gasteiger partial charge in [-0.05, 0) is 31.2 Å². The van der Waals surface area contributed by atoms with Crippen LogP contribution in [0.4, 0.5) is 5.82 Å². The molecule has 142 valence electrons. The van der Waals surface area contributed by atoms with E-state index in [0.717, 1.165) is 36.1 Å². The molecule has 0 unspecified atom stereocenters. The number of aromatic amines is 1. The van der Waals surface area contributed by atoms with Crippen molar-refractivity contribution in [3.8, 4) is 6.07 Å². The van der Waals surface area contributed by atoms with Crippen molar-refractivity contribution in [2.75, 3.05) is 25.0 Å². The van der Waals surface area contributed by atoms with Crippen LogP contribution in [0.15, 0.2) is 18.6 Å². The number of H-pyrrole nitrogens is 1. The van der Waals surface area contributed by atoms with Gasteiger partial charge < -0.3 is 9.88 Å². The van der Waals surface area contributed by atoms with Gasteiger partial charge in [0.1, 0.15) is 17.8 Å². The molecular weight excluding hydrogens is 366 g/mol. The summed E-state index contributed by atoms with van der Waals surface area (Å²) in [5.41, 5.74) is 0.369. The molecule has 2 aliphatic carbocycles. The Kier molecular flexibility index (Phi) is 3.53. The van der Waals surface area contributed by atoms with E-state index in [4.69, 9.17) is 0 Å². The molecule has 2 aromatic rings. The lowest BCUT2D eigenvalue weighted by Crippen LogP contribution is -2.55. The second-order valence-electron chi connectivity index (χ2n) is 7.95. The van der Waals surface area contributed by atoms with Gasteiger partial charge in [-0.1, -0.05) is 0 Å². The fourth-order valence-electron chi connectivity index (χ4n) is 4.39. The van der Waals surface area contributed by atoms with Crippen molar-refractivity contribution in [3.63, 3.8) is 0 Å². The third kappa shape index (κ3) is 2.61. The molecule has 1 saturated heterocycles. The van der Waals surface area contributed by atoms with Crippen LogP contribution in [0, 0.1) is 22.7 Å². The molecule has 2 atom stereocenters. The molecule has 2 aromatic heterocycles. The SMILES string of the molecule is CN(c1ncnc2[nH]ccc12)C1CC(NS(=O)(=O)N2C[C@H]3C[C@@]3(C#N)C2)C1. The first-order valence-corrected chi connectivity index (χ1v) is 10.6. The summed E-state index contributed by atoms with van der Waals surface area (Å²) < 4.78 is 29.5. The van der Waals surface area contributed by atoms with E-state index in [9.17, 15) is 13.7 Å². The summed E-state index contributed by atoms with van der Waals surface area (Å²) in [4.78, 5) is 13.8. The smallest absolute Gasteiger partial charge is 0.279 e. The quantitative estimate of drug-likeness (QED) is 0.776. The first-order chi connectivity index (χ1) is 12.9. The number of nitrogens with one attached hydrogen (secondary N) is 2. The molecule has 1 aliphatic heterocycles. The summed E-state index contributed by atoms with van der Waals surface area (Å²) in [7, 11) is -1.55. The predicted molar refractivity (Wildman–Crippen MR) is 98.9 cm³/mol. The molecule has 3 aliphatic rings. The Hall–Kier alpha value is -2.22. The molecule has 2 saturated carbocycles. The summed E-state index contributed by atoms with van der Waals surface area (Å²) in [6.45, 7) is 0.789. The molecule has 5 rings (SSSR count). The van der Waals surface area contributed by atoms with Gasteiger partial charge in [0.2, 0.25) is 0 Å². The van der Waals surface area contributed by atoms with E-state index in [2.05, 4.69) is 30.6 Å². The second-order valence-corrected chi connectivity index (χ2v) is 9.66. The lowest BCUT2D eigenvalue weighted by Gasteiger charge is -2.42. The van der Waals surface area contributed by atoms with Gasteiger partial charge in [0.15, 0.2) is 0 Å². The maximum atomic E-state index is 12.6. The van der Waals surface area contributed by atoms with Crippen LogP contribution in [0.1, 0.15) is 19.3 Å². The van der Waals surface area contributed by atoms with Crippen LogP contribution in [0.25, 0.3) is 11.0 Å². The Labute approximate surface area is 157 Å². The average molecular weight is 387 g/mol. The Morgan fingerprint density at radius 1 is 1.44 bits per heavy atom. The third-order valence-electron chi connectivity index (χ3n) is 6.32. The van der Waals surface area contributed by atoms with Gasteiger partial charge in [-0.3, -0.25) is 0 Å². The minimum absolute atomic E-state index is 0.0824. The van der Waals surface area contributed by atoms with Gasteiger partial charge in [-0.2, -0.15) is 22.7 Å². The first-order valence-electron chi connectivity index (χ1n) is 9.11. The molecule has 0 amide bonds. The van der Waals surface area contributed by atoms with Gasteiger partial charge >= 0.3 is 0 Å².